The van der Waals surface area contributed by atoms with Crippen LogP contribution in [0.2, 0.25) is 0 Å². The van der Waals surface area contributed by atoms with Crippen molar-refractivity contribution in [1.82, 2.24) is 19.9 Å². The highest BCUT2D eigenvalue weighted by Gasteiger charge is 2.10. The highest BCUT2D eigenvalue weighted by molar-refractivity contribution is 5.15. The van der Waals surface area contributed by atoms with Gasteiger partial charge in [-0.15, -0.1) is 0 Å². The highest BCUT2D eigenvalue weighted by Crippen LogP contribution is 2.18. The minimum Gasteiger partial charge on any atom is -0.261 e. The van der Waals surface area contributed by atoms with Gasteiger partial charge in [-0.1, -0.05) is 20.8 Å². The van der Waals surface area contributed by atoms with E-state index < -0.39 is 0 Å². The van der Waals surface area contributed by atoms with Crippen molar-refractivity contribution in [1.29, 1.82) is 0 Å². The van der Waals surface area contributed by atoms with Crippen molar-refractivity contribution in [2.75, 3.05) is 0 Å². The maximum absolute atomic E-state index is 4.33. The summed E-state index contributed by atoms with van der Waals surface area (Å²) < 4.78 is 0. The number of hydrogen-bond acceptors (Lipinski definition) is 4. The monoisotopic (exact) mass is 242 g/mol. The zero-order chi connectivity index (χ0) is 13.0. The standard InChI is InChI=1S/C14H18N4/c1-10(2)13-7-12(17-9-18-13)6-11(3)14-8-15-4-5-16-14/h4-5,7-11H,6H2,1-3H3. The molecule has 0 spiro atoms. The molecule has 2 rings (SSSR count). The highest BCUT2D eigenvalue weighted by atomic mass is 14.8. The topological polar surface area (TPSA) is 51.6 Å². The van der Waals surface area contributed by atoms with Gasteiger partial charge in [0.1, 0.15) is 6.33 Å². The van der Waals surface area contributed by atoms with Gasteiger partial charge in [-0.2, -0.15) is 0 Å². The maximum Gasteiger partial charge on any atom is 0.115 e. The van der Waals surface area contributed by atoms with E-state index in [2.05, 4.69) is 46.8 Å². The summed E-state index contributed by atoms with van der Waals surface area (Å²) >= 11 is 0. The van der Waals surface area contributed by atoms with E-state index in [0.29, 0.717) is 11.8 Å². The molecule has 0 aliphatic rings. The van der Waals surface area contributed by atoms with Crippen molar-refractivity contribution in [2.45, 2.75) is 39.0 Å². The van der Waals surface area contributed by atoms with Crippen LogP contribution in [-0.4, -0.2) is 19.9 Å². The molecule has 0 aliphatic heterocycles. The second-order valence-electron chi connectivity index (χ2n) is 4.82. The lowest BCUT2D eigenvalue weighted by atomic mass is 10.0. The third-order valence-corrected chi connectivity index (χ3v) is 2.94. The number of rotatable bonds is 4. The number of aromatic nitrogens is 4. The molecule has 0 saturated heterocycles. The zero-order valence-electron chi connectivity index (χ0n) is 11.0. The summed E-state index contributed by atoms with van der Waals surface area (Å²) in [7, 11) is 0. The molecule has 2 aromatic heterocycles. The van der Waals surface area contributed by atoms with E-state index in [1.807, 2.05) is 6.20 Å². The second kappa shape index (κ2) is 5.67. The Morgan fingerprint density at radius 2 is 1.83 bits per heavy atom. The van der Waals surface area contributed by atoms with Gasteiger partial charge < -0.3 is 0 Å². The van der Waals surface area contributed by atoms with Gasteiger partial charge in [0.05, 0.1) is 5.69 Å². The van der Waals surface area contributed by atoms with Crippen LogP contribution in [0.1, 0.15) is 49.7 Å². The van der Waals surface area contributed by atoms with Crippen molar-refractivity contribution in [3.05, 3.63) is 48.1 Å². The molecule has 18 heavy (non-hydrogen) atoms. The van der Waals surface area contributed by atoms with Gasteiger partial charge in [-0.05, 0) is 18.4 Å². The molecule has 2 aromatic rings. The van der Waals surface area contributed by atoms with Crippen molar-refractivity contribution in [2.24, 2.45) is 0 Å². The van der Waals surface area contributed by atoms with E-state index in [9.17, 15) is 0 Å². The molecule has 0 amide bonds. The minimum absolute atomic E-state index is 0.314. The van der Waals surface area contributed by atoms with E-state index in [1.165, 1.54) is 0 Å². The summed E-state index contributed by atoms with van der Waals surface area (Å²) in [6.45, 7) is 6.41. The Bertz CT molecular complexity index is 496. The lowest BCUT2D eigenvalue weighted by molar-refractivity contribution is 0.700. The Kier molecular flexibility index (Phi) is 3.97. The molecule has 0 aliphatic carbocycles. The van der Waals surface area contributed by atoms with E-state index in [-0.39, 0.29) is 0 Å². The summed E-state index contributed by atoms with van der Waals surface area (Å²) in [4.78, 5) is 17.0. The van der Waals surface area contributed by atoms with Gasteiger partial charge in [-0.3, -0.25) is 9.97 Å². The van der Waals surface area contributed by atoms with E-state index in [1.54, 1.807) is 18.7 Å². The normalized spacial score (nSPS) is 12.7. The summed E-state index contributed by atoms with van der Waals surface area (Å²) in [5.41, 5.74) is 3.15. The van der Waals surface area contributed by atoms with Crippen molar-refractivity contribution >= 4 is 0 Å². The fraction of sp³-hybridized carbons (Fsp3) is 0.429. The number of hydrogen-bond donors (Lipinski definition) is 0. The van der Waals surface area contributed by atoms with Crippen LogP contribution in [0, 0.1) is 0 Å². The third-order valence-electron chi connectivity index (χ3n) is 2.94. The van der Waals surface area contributed by atoms with Gasteiger partial charge in [-0.25, -0.2) is 9.97 Å². The molecule has 0 saturated carbocycles. The van der Waals surface area contributed by atoms with Crippen LogP contribution < -0.4 is 0 Å². The molecule has 1 unspecified atom stereocenters. The van der Waals surface area contributed by atoms with Crippen molar-refractivity contribution < 1.29 is 0 Å². The Balaban J connectivity index is 2.12. The fourth-order valence-electron chi connectivity index (χ4n) is 1.83. The lowest BCUT2D eigenvalue weighted by Gasteiger charge is -2.11. The van der Waals surface area contributed by atoms with Crippen LogP contribution >= 0.6 is 0 Å². The maximum atomic E-state index is 4.33. The van der Waals surface area contributed by atoms with Crippen LogP contribution in [0.5, 0.6) is 0 Å². The predicted molar refractivity (Wildman–Crippen MR) is 70.3 cm³/mol. The first-order chi connectivity index (χ1) is 8.66. The largest absolute Gasteiger partial charge is 0.261 e. The van der Waals surface area contributed by atoms with E-state index >= 15 is 0 Å². The molecule has 2 heterocycles. The van der Waals surface area contributed by atoms with Crippen LogP contribution in [0.25, 0.3) is 0 Å². The summed E-state index contributed by atoms with van der Waals surface area (Å²) in [5, 5.41) is 0. The molecule has 94 valence electrons. The summed E-state index contributed by atoms with van der Waals surface area (Å²) in [5.74, 6) is 0.743. The Hall–Kier alpha value is -1.84. The van der Waals surface area contributed by atoms with E-state index in [4.69, 9.17) is 0 Å². The molecule has 0 radical (unpaired) electrons. The first-order valence-electron chi connectivity index (χ1n) is 6.23. The molecule has 0 N–H and O–H groups in total. The summed E-state index contributed by atoms with van der Waals surface area (Å²) in [6.07, 6.45) is 7.74. The van der Waals surface area contributed by atoms with E-state index in [0.717, 1.165) is 23.5 Å². The Labute approximate surface area is 108 Å². The van der Waals surface area contributed by atoms with Crippen molar-refractivity contribution in [3.63, 3.8) is 0 Å². The minimum atomic E-state index is 0.314. The van der Waals surface area contributed by atoms with Gasteiger partial charge in [0.25, 0.3) is 0 Å². The third kappa shape index (κ3) is 3.09. The first kappa shape index (κ1) is 12.6. The zero-order valence-corrected chi connectivity index (χ0v) is 11.0. The molecule has 0 bridgehead atoms. The SMILES string of the molecule is CC(C)c1cc(CC(C)c2cnccn2)ncn1. The molecule has 4 heteroatoms. The van der Waals surface area contributed by atoms with Crippen LogP contribution in [0.15, 0.2) is 31.0 Å². The van der Waals surface area contributed by atoms with Crippen LogP contribution in [-0.2, 0) is 6.42 Å². The van der Waals surface area contributed by atoms with Gasteiger partial charge in [0, 0.05) is 35.9 Å². The second-order valence-corrected chi connectivity index (χ2v) is 4.82. The summed E-state index contributed by atoms with van der Waals surface area (Å²) in [6, 6.07) is 2.08. The molecule has 0 aromatic carbocycles. The average molecular weight is 242 g/mol. The molecular formula is C14H18N4. The smallest absolute Gasteiger partial charge is 0.115 e. The van der Waals surface area contributed by atoms with Gasteiger partial charge in [0.15, 0.2) is 0 Å². The lowest BCUT2D eigenvalue weighted by Crippen LogP contribution is -2.05. The van der Waals surface area contributed by atoms with Gasteiger partial charge >= 0.3 is 0 Å². The molecular weight excluding hydrogens is 224 g/mol. The van der Waals surface area contributed by atoms with Crippen LogP contribution in [0.4, 0.5) is 0 Å². The fourth-order valence-corrected chi connectivity index (χ4v) is 1.83. The Morgan fingerprint density at radius 1 is 1.00 bits per heavy atom. The molecule has 4 nitrogen and oxygen atoms in total. The van der Waals surface area contributed by atoms with Crippen molar-refractivity contribution in [3.8, 4) is 0 Å². The molecule has 0 fully saturated rings. The van der Waals surface area contributed by atoms with Gasteiger partial charge in [0.2, 0.25) is 0 Å². The van der Waals surface area contributed by atoms with Crippen LogP contribution in [0.3, 0.4) is 0 Å². The predicted octanol–water partition coefficient (Wildman–Crippen LogP) is 2.74. The first-order valence-corrected chi connectivity index (χ1v) is 6.23. The number of nitrogens with zero attached hydrogens (tertiary/aromatic N) is 4. The average Bonchev–Trinajstić information content (AvgIpc) is 2.40. The molecule has 1 atom stereocenters. The Morgan fingerprint density at radius 3 is 2.50 bits per heavy atom. The quantitative estimate of drug-likeness (QED) is 0.827.